The van der Waals surface area contributed by atoms with Crippen LogP contribution in [0.4, 0.5) is 0 Å². The monoisotopic (exact) mass is 295 g/mol. The first-order chi connectivity index (χ1) is 10.2. The minimum atomic E-state index is -0.566. The van der Waals surface area contributed by atoms with Crippen molar-refractivity contribution in [2.75, 3.05) is 13.1 Å². The summed E-state index contributed by atoms with van der Waals surface area (Å²) in [6.45, 7) is 6.76. The Bertz CT molecular complexity index is 331. The highest BCUT2D eigenvalue weighted by Gasteiger charge is 2.38. The van der Waals surface area contributed by atoms with Crippen molar-refractivity contribution in [3.63, 3.8) is 0 Å². The number of hydrogen-bond donors (Lipinski definition) is 1. The number of carboxylic acids is 1. The molecule has 3 heteroatoms. The number of carboxylic acid groups (broad SMARTS) is 1. The van der Waals surface area contributed by atoms with E-state index in [1.807, 2.05) is 0 Å². The van der Waals surface area contributed by atoms with Gasteiger partial charge in [0, 0.05) is 6.04 Å². The molecule has 1 heterocycles. The van der Waals surface area contributed by atoms with Gasteiger partial charge in [0.25, 0.3) is 0 Å². The smallest absolute Gasteiger partial charge is 0.308 e. The summed E-state index contributed by atoms with van der Waals surface area (Å²) in [6, 6.07) is 0.293. The summed E-state index contributed by atoms with van der Waals surface area (Å²) in [5.41, 5.74) is 0. The minimum Gasteiger partial charge on any atom is -0.481 e. The Kier molecular flexibility index (Phi) is 6.53. The van der Waals surface area contributed by atoms with E-state index in [1.165, 1.54) is 38.5 Å². The average Bonchev–Trinajstić information content (AvgIpc) is 2.72. The van der Waals surface area contributed by atoms with Gasteiger partial charge < -0.3 is 5.11 Å². The van der Waals surface area contributed by atoms with Crippen LogP contribution in [0.2, 0.25) is 0 Å². The Hall–Kier alpha value is -0.570. The van der Waals surface area contributed by atoms with E-state index >= 15 is 0 Å². The van der Waals surface area contributed by atoms with Crippen LogP contribution in [0.25, 0.3) is 0 Å². The van der Waals surface area contributed by atoms with Crippen molar-refractivity contribution in [2.24, 2.45) is 17.8 Å². The lowest BCUT2D eigenvalue weighted by Crippen LogP contribution is -2.47. The highest BCUT2D eigenvalue weighted by molar-refractivity contribution is 5.71. The van der Waals surface area contributed by atoms with Crippen molar-refractivity contribution < 1.29 is 9.90 Å². The minimum absolute atomic E-state index is 0.129. The lowest BCUT2D eigenvalue weighted by atomic mass is 9.76. The third-order valence-corrected chi connectivity index (χ3v) is 5.87. The zero-order valence-corrected chi connectivity index (χ0v) is 13.9. The van der Waals surface area contributed by atoms with E-state index in [2.05, 4.69) is 18.7 Å². The molecule has 2 rings (SSSR count). The lowest BCUT2D eigenvalue weighted by molar-refractivity contribution is -0.146. The third-order valence-electron chi connectivity index (χ3n) is 5.87. The van der Waals surface area contributed by atoms with Crippen molar-refractivity contribution in [1.82, 2.24) is 4.90 Å². The second-order valence-electron chi connectivity index (χ2n) is 7.22. The second-order valence-corrected chi connectivity index (χ2v) is 7.22. The van der Waals surface area contributed by atoms with Gasteiger partial charge in [-0.1, -0.05) is 33.1 Å². The first kappa shape index (κ1) is 16.8. The predicted molar refractivity (Wildman–Crippen MR) is 86.4 cm³/mol. The van der Waals surface area contributed by atoms with Crippen LogP contribution in [0.15, 0.2) is 0 Å². The van der Waals surface area contributed by atoms with Crippen LogP contribution < -0.4 is 0 Å². The van der Waals surface area contributed by atoms with Crippen molar-refractivity contribution >= 4 is 5.97 Å². The summed E-state index contributed by atoms with van der Waals surface area (Å²) in [5.74, 6) is 0.911. The van der Waals surface area contributed by atoms with Crippen LogP contribution in [0.1, 0.15) is 71.6 Å². The number of nitrogens with zero attached hydrogens (tertiary/aromatic N) is 1. The molecule has 0 amide bonds. The predicted octanol–water partition coefficient (Wildman–Crippen LogP) is 4.17. The van der Waals surface area contributed by atoms with E-state index in [1.54, 1.807) is 0 Å². The number of aliphatic carboxylic acids is 1. The Labute approximate surface area is 130 Å². The van der Waals surface area contributed by atoms with Crippen molar-refractivity contribution in [1.29, 1.82) is 0 Å². The molecular weight excluding hydrogens is 262 g/mol. The molecule has 2 aliphatic rings. The molecule has 0 aromatic heterocycles. The highest BCUT2D eigenvalue weighted by atomic mass is 16.4. The van der Waals surface area contributed by atoms with Crippen LogP contribution in [0.3, 0.4) is 0 Å². The number of hydrogen-bond acceptors (Lipinski definition) is 2. The zero-order valence-electron chi connectivity index (χ0n) is 13.9. The van der Waals surface area contributed by atoms with Gasteiger partial charge in [-0.2, -0.15) is 0 Å². The van der Waals surface area contributed by atoms with Gasteiger partial charge in [0.2, 0.25) is 0 Å². The number of carbonyl (C=O) groups is 1. The van der Waals surface area contributed by atoms with Crippen molar-refractivity contribution in [2.45, 2.75) is 77.7 Å². The van der Waals surface area contributed by atoms with E-state index in [0.29, 0.717) is 6.04 Å². The summed E-state index contributed by atoms with van der Waals surface area (Å²) in [5, 5.41) is 9.58. The van der Waals surface area contributed by atoms with Crippen LogP contribution >= 0.6 is 0 Å². The van der Waals surface area contributed by atoms with Gasteiger partial charge in [0.1, 0.15) is 0 Å². The van der Waals surface area contributed by atoms with E-state index in [0.717, 1.165) is 44.2 Å². The molecular formula is C18H33NO2. The Morgan fingerprint density at radius 2 is 1.90 bits per heavy atom. The van der Waals surface area contributed by atoms with Gasteiger partial charge in [0.15, 0.2) is 0 Å². The molecule has 0 radical (unpaired) electrons. The Morgan fingerprint density at radius 3 is 2.57 bits per heavy atom. The molecule has 0 spiro atoms. The molecule has 0 aromatic rings. The lowest BCUT2D eigenvalue weighted by Gasteiger charge is -2.40. The summed E-state index contributed by atoms with van der Waals surface area (Å²) < 4.78 is 0. The molecule has 1 saturated heterocycles. The van der Waals surface area contributed by atoms with E-state index in [4.69, 9.17) is 0 Å². The molecule has 0 bridgehead atoms. The van der Waals surface area contributed by atoms with Gasteiger partial charge in [-0.25, -0.2) is 0 Å². The molecule has 21 heavy (non-hydrogen) atoms. The van der Waals surface area contributed by atoms with Gasteiger partial charge in [-0.15, -0.1) is 0 Å². The Balaban J connectivity index is 2.00. The van der Waals surface area contributed by atoms with Gasteiger partial charge >= 0.3 is 5.97 Å². The molecule has 3 nitrogen and oxygen atoms in total. The molecule has 2 fully saturated rings. The maximum atomic E-state index is 11.6. The normalized spacial score (nSPS) is 35.3. The summed E-state index contributed by atoms with van der Waals surface area (Å²) >= 11 is 0. The average molecular weight is 295 g/mol. The largest absolute Gasteiger partial charge is 0.481 e. The van der Waals surface area contributed by atoms with Crippen LogP contribution in [-0.4, -0.2) is 35.1 Å². The van der Waals surface area contributed by atoms with Crippen molar-refractivity contribution in [3.8, 4) is 0 Å². The molecule has 4 unspecified atom stereocenters. The van der Waals surface area contributed by atoms with E-state index < -0.39 is 5.97 Å². The van der Waals surface area contributed by atoms with Crippen molar-refractivity contribution in [3.05, 3.63) is 0 Å². The molecule has 1 aliphatic heterocycles. The third kappa shape index (κ3) is 4.45. The topological polar surface area (TPSA) is 40.5 Å². The fourth-order valence-electron chi connectivity index (χ4n) is 4.51. The van der Waals surface area contributed by atoms with Gasteiger partial charge in [0.05, 0.1) is 5.92 Å². The molecule has 0 aromatic carbocycles. The number of likely N-dealkylation sites (tertiary alicyclic amines) is 1. The highest BCUT2D eigenvalue weighted by Crippen LogP contribution is 2.36. The molecule has 1 saturated carbocycles. The first-order valence-corrected chi connectivity index (χ1v) is 9.12. The zero-order chi connectivity index (χ0) is 15.2. The van der Waals surface area contributed by atoms with Gasteiger partial charge in [-0.05, 0) is 63.5 Å². The summed E-state index contributed by atoms with van der Waals surface area (Å²) in [6.07, 6.45) is 10.8. The Morgan fingerprint density at radius 1 is 1.10 bits per heavy atom. The molecule has 1 aliphatic carbocycles. The van der Waals surface area contributed by atoms with Crippen LogP contribution in [0, 0.1) is 17.8 Å². The second kappa shape index (κ2) is 8.17. The molecule has 1 N–H and O–H groups in total. The first-order valence-electron chi connectivity index (χ1n) is 9.12. The maximum Gasteiger partial charge on any atom is 0.308 e. The SMILES string of the molecule is CCCC1CCCN(C2CC(CC)CCC2C(=O)O)CC1. The summed E-state index contributed by atoms with van der Waals surface area (Å²) in [7, 11) is 0. The van der Waals surface area contributed by atoms with Crippen LogP contribution in [0.5, 0.6) is 0 Å². The fourth-order valence-corrected chi connectivity index (χ4v) is 4.51. The van der Waals surface area contributed by atoms with E-state index in [9.17, 15) is 9.90 Å². The summed E-state index contributed by atoms with van der Waals surface area (Å²) in [4.78, 5) is 14.2. The molecule has 4 atom stereocenters. The van der Waals surface area contributed by atoms with Gasteiger partial charge in [-0.3, -0.25) is 9.69 Å². The quantitative estimate of drug-likeness (QED) is 0.827. The number of rotatable bonds is 5. The standard InChI is InChI=1S/C18H33NO2/c1-3-6-15-7-5-11-19(12-10-15)17-13-14(4-2)8-9-16(17)18(20)21/h14-17H,3-13H2,1-2H3,(H,20,21). The fraction of sp³-hybridized carbons (Fsp3) is 0.944. The maximum absolute atomic E-state index is 11.6. The van der Waals surface area contributed by atoms with Crippen LogP contribution in [-0.2, 0) is 4.79 Å². The molecule has 122 valence electrons. The van der Waals surface area contributed by atoms with E-state index in [-0.39, 0.29) is 5.92 Å².